The lowest BCUT2D eigenvalue weighted by atomic mass is 10.2. The molecule has 2 aromatic rings. The third-order valence-electron chi connectivity index (χ3n) is 2.19. The predicted molar refractivity (Wildman–Crippen MR) is 69.8 cm³/mol. The number of rotatable bonds is 2. The first-order valence-electron chi connectivity index (χ1n) is 5.32. The Morgan fingerprint density at radius 3 is 3.24 bits per heavy atom. The van der Waals surface area contributed by atoms with Gasteiger partial charge in [0, 0.05) is 25.5 Å². The van der Waals surface area contributed by atoms with Gasteiger partial charge in [0.15, 0.2) is 0 Å². The second-order valence-corrected chi connectivity index (χ2v) is 4.46. The lowest BCUT2D eigenvalue weighted by Crippen LogP contribution is -2.20. The van der Waals surface area contributed by atoms with E-state index in [1.807, 2.05) is 23.7 Å². The van der Waals surface area contributed by atoms with Crippen molar-refractivity contribution < 1.29 is 4.79 Å². The van der Waals surface area contributed by atoms with E-state index < -0.39 is 0 Å². The number of thiazole rings is 1. The molecular weight excluding hydrogens is 232 g/mol. The number of hydrogen-bond donors (Lipinski definition) is 1. The number of fused-ring (bicyclic) bond motifs is 1. The molecule has 0 unspecified atom stereocenters. The van der Waals surface area contributed by atoms with Crippen molar-refractivity contribution in [2.45, 2.75) is 13.3 Å². The molecule has 0 aliphatic heterocycles. The van der Waals surface area contributed by atoms with E-state index in [0.717, 1.165) is 11.1 Å². The lowest BCUT2D eigenvalue weighted by molar-refractivity contribution is -0.118. The molecule has 0 aliphatic rings. The fourth-order valence-electron chi connectivity index (χ4n) is 1.40. The largest absolute Gasteiger partial charge is 0.355 e. The average Bonchev–Trinajstić information content (AvgIpc) is 2.75. The molecule has 2 rings (SSSR count). The van der Waals surface area contributed by atoms with Crippen LogP contribution in [0.4, 0.5) is 0 Å². The molecule has 4 heteroatoms. The third kappa shape index (κ3) is 3.30. The SMILES string of the molecule is CC(=O)NCCC#Cc1ccc2scnc2c1. The first-order valence-corrected chi connectivity index (χ1v) is 6.20. The van der Waals surface area contributed by atoms with E-state index in [2.05, 4.69) is 22.1 Å². The van der Waals surface area contributed by atoms with Crippen LogP contribution in [0.25, 0.3) is 10.2 Å². The molecule has 3 nitrogen and oxygen atoms in total. The first kappa shape index (κ1) is 11.6. The Kier molecular flexibility index (Phi) is 3.73. The van der Waals surface area contributed by atoms with Crippen LogP contribution < -0.4 is 5.32 Å². The molecule has 1 aromatic heterocycles. The maximum Gasteiger partial charge on any atom is 0.216 e. The molecule has 1 heterocycles. The Morgan fingerprint density at radius 2 is 2.41 bits per heavy atom. The molecule has 0 radical (unpaired) electrons. The van der Waals surface area contributed by atoms with E-state index in [1.165, 1.54) is 11.6 Å². The summed E-state index contributed by atoms with van der Waals surface area (Å²) in [6, 6.07) is 6.01. The van der Waals surface area contributed by atoms with Gasteiger partial charge in [0.1, 0.15) is 0 Å². The van der Waals surface area contributed by atoms with E-state index >= 15 is 0 Å². The van der Waals surface area contributed by atoms with Crippen LogP contribution in [-0.2, 0) is 4.79 Å². The fraction of sp³-hybridized carbons (Fsp3) is 0.231. The highest BCUT2D eigenvalue weighted by molar-refractivity contribution is 7.16. The molecule has 0 spiro atoms. The normalized spacial score (nSPS) is 9.71. The van der Waals surface area contributed by atoms with Crippen LogP contribution in [0.15, 0.2) is 23.7 Å². The van der Waals surface area contributed by atoms with Gasteiger partial charge in [0.25, 0.3) is 0 Å². The summed E-state index contributed by atoms with van der Waals surface area (Å²) in [5.74, 6) is 6.07. The summed E-state index contributed by atoms with van der Waals surface area (Å²) in [6.07, 6.45) is 0.661. The summed E-state index contributed by atoms with van der Waals surface area (Å²) < 4.78 is 1.17. The van der Waals surface area contributed by atoms with Crippen LogP contribution in [0.1, 0.15) is 18.9 Å². The van der Waals surface area contributed by atoms with Gasteiger partial charge in [-0.25, -0.2) is 4.98 Å². The minimum atomic E-state index is -0.0179. The zero-order valence-electron chi connectivity index (χ0n) is 9.49. The zero-order valence-corrected chi connectivity index (χ0v) is 10.3. The van der Waals surface area contributed by atoms with Crippen molar-refractivity contribution in [2.24, 2.45) is 0 Å². The Labute approximate surface area is 104 Å². The molecule has 86 valence electrons. The van der Waals surface area contributed by atoms with Crippen LogP contribution in [0.5, 0.6) is 0 Å². The van der Waals surface area contributed by atoms with Crippen molar-refractivity contribution in [2.75, 3.05) is 6.54 Å². The summed E-state index contributed by atoms with van der Waals surface area (Å²) in [6.45, 7) is 2.10. The second-order valence-electron chi connectivity index (χ2n) is 3.57. The molecule has 0 bridgehead atoms. The van der Waals surface area contributed by atoms with Gasteiger partial charge in [-0.15, -0.1) is 11.3 Å². The average molecular weight is 244 g/mol. The van der Waals surface area contributed by atoms with Gasteiger partial charge in [-0.1, -0.05) is 11.8 Å². The van der Waals surface area contributed by atoms with Gasteiger partial charge in [-0.2, -0.15) is 0 Å². The number of aromatic nitrogens is 1. The van der Waals surface area contributed by atoms with Crippen LogP contribution in [0.2, 0.25) is 0 Å². The zero-order chi connectivity index (χ0) is 12.1. The van der Waals surface area contributed by atoms with Gasteiger partial charge < -0.3 is 5.32 Å². The number of hydrogen-bond acceptors (Lipinski definition) is 3. The number of amides is 1. The molecule has 0 saturated heterocycles. The summed E-state index contributed by atoms with van der Waals surface area (Å²) in [5.41, 5.74) is 3.79. The third-order valence-corrected chi connectivity index (χ3v) is 3.00. The van der Waals surface area contributed by atoms with Crippen LogP contribution in [0.3, 0.4) is 0 Å². The summed E-state index contributed by atoms with van der Waals surface area (Å²) in [4.78, 5) is 14.9. The molecular formula is C13H12N2OS. The smallest absolute Gasteiger partial charge is 0.216 e. The standard InChI is InChI=1S/C13H12N2OS/c1-10(16)14-7-3-2-4-11-5-6-13-12(8-11)15-9-17-13/h5-6,8-9H,3,7H2,1H3,(H,14,16). The van der Waals surface area contributed by atoms with E-state index in [4.69, 9.17) is 0 Å². The maximum atomic E-state index is 10.6. The van der Waals surface area contributed by atoms with Crippen molar-refractivity contribution in [3.05, 3.63) is 29.3 Å². The Balaban J connectivity index is 1.98. The molecule has 17 heavy (non-hydrogen) atoms. The molecule has 1 N–H and O–H groups in total. The van der Waals surface area contributed by atoms with Crippen LogP contribution in [-0.4, -0.2) is 17.4 Å². The van der Waals surface area contributed by atoms with Gasteiger partial charge in [-0.3, -0.25) is 4.79 Å². The Bertz CT molecular complexity index is 592. The highest BCUT2D eigenvalue weighted by Crippen LogP contribution is 2.18. The lowest BCUT2D eigenvalue weighted by Gasteiger charge is -1.94. The molecule has 0 atom stereocenters. The topological polar surface area (TPSA) is 42.0 Å². The summed E-state index contributed by atoms with van der Waals surface area (Å²) in [7, 11) is 0. The predicted octanol–water partition coefficient (Wildman–Crippen LogP) is 2.17. The van der Waals surface area contributed by atoms with Gasteiger partial charge in [0.2, 0.25) is 5.91 Å². The van der Waals surface area contributed by atoms with Gasteiger partial charge >= 0.3 is 0 Å². The monoisotopic (exact) mass is 244 g/mol. The summed E-state index contributed by atoms with van der Waals surface area (Å²) >= 11 is 1.62. The quantitative estimate of drug-likeness (QED) is 0.650. The van der Waals surface area contributed by atoms with E-state index in [1.54, 1.807) is 11.3 Å². The Hall–Kier alpha value is -1.86. The van der Waals surface area contributed by atoms with Crippen LogP contribution >= 0.6 is 11.3 Å². The Morgan fingerprint density at radius 1 is 1.53 bits per heavy atom. The number of nitrogens with zero attached hydrogens (tertiary/aromatic N) is 1. The number of benzene rings is 1. The van der Waals surface area contributed by atoms with Crippen LogP contribution in [0, 0.1) is 11.8 Å². The maximum absolute atomic E-state index is 10.6. The molecule has 0 fully saturated rings. The van der Waals surface area contributed by atoms with Crippen molar-refractivity contribution in [1.29, 1.82) is 0 Å². The van der Waals surface area contributed by atoms with Crippen molar-refractivity contribution in [3.8, 4) is 11.8 Å². The van der Waals surface area contributed by atoms with Crippen molar-refractivity contribution in [3.63, 3.8) is 0 Å². The number of nitrogens with one attached hydrogen (secondary N) is 1. The number of carbonyl (C=O) groups is 1. The minimum absolute atomic E-state index is 0.0179. The number of carbonyl (C=O) groups excluding carboxylic acids is 1. The highest BCUT2D eigenvalue weighted by atomic mass is 32.1. The van der Waals surface area contributed by atoms with E-state index in [-0.39, 0.29) is 5.91 Å². The fourth-order valence-corrected chi connectivity index (χ4v) is 2.06. The first-order chi connectivity index (χ1) is 8.25. The highest BCUT2D eigenvalue weighted by Gasteiger charge is 1.95. The molecule has 0 aliphatic carbocycles. The molecule has 1 amide bonds. The van der Waals surface area contributed by atoms with Gasteiger partial charge in [0.05, 0.1) is 15.7 Å². The molecule has 1 aromatic carbocycles. The van der Waals surface area contributed by atoms with E-state index in [0.29, 0.717) is 13.0 Å². The minimum Gasteiger partial charge on any atom is -0.355 e. The van der Waals surface area contributed by atoms with Crippen molar-refractivity contribution >= 4 is 27.5 Å². The second kappa shape index (κ2) is 5.46. The van der Waals surface area contributed by atoms with Crippen molar-refractivity contribution in [1.82, 2.24) is 10.3 Å². The summed E-state index contributed by atoms with van der Waals surface area (Å²) in [5, 5.41) is 2.71. The molecule has 0 saturated carbocycles. The van der Waals surface area contributed by atoms with Gasteiger partial charge in [-0.05, 0) is 18.2 Å². The van der Waals surface area contributed by atoms with E-state index in [9.17, 15) is 4.79 Å².